The third-order valence-electron chi connectivity index (χ3n) is 4.97. The molecule has 1 amide bonds. The molecule has 1 aliphatic rings. The Morgan fingerprint density at radius 3 is 2.46 bits per heavy atom. The minimum atomic E-state index is -1.05. The van der Waals surface area contributed by atoms with Crippen molar-refractivity contribution < 1.29 is 24.7 Å². The highest BCUT2D eigenvalue weighted by Crippen LogP contribution is 2.39. The minimum Gasteiger partial charge on any atom is -0.501 e. The van der Waals surface area contributed by atoms with E-state index in [1.807, 2.05) is 18.2 Å². The maximum atomic E-state index is 13.3. The van der Waals surface area contributed by atoms with Gasteiger partial charge in [0.2, 0.25) is 5.75 Å². The number of amides is 1. The second kappa shape index (κ2) is 10.1. The van der Waals surface area contributed by atoms with E-state index >= 15 is 0 Å². The number of amidine groups is 1. The van der Waals surface area contributed by atoms with E-state index < -0.39 is 22.3 Å². The first-order valence-corrected chi connectivity index (χ1v) is 11.7. The summed E-state index contributed by atoms with van der Waals surface area (Å²) in [6, 6.07) is 17.9. The van der Waals surface area contributed by atoms with Crippen molar-refractivity contribution in [1.29, 1.82) is 0 Å². The van der Waals surface area contributed by atoms with E-state index in [2.05, 4.69) is 20.9 Å². The van der Waals surface area contributed by atoms with Gasteiger partial charge in [0, 0.05) is 6.07 Å². The number of nitro benzene ring substituents is 1. The molecule has 9 nitrogen and oxygen atoms in total. The van der Waals surface area contributed by atoms with Crippen LogP contribution in [0.15, 0.2) is 81.1 Å². The molecule has 3 aromatic rings. The fourth-order valence-electron chi connectivity index (χ4n) is 3.26. The molecule has 0 aromatic heterocycles. The summed E-state index contributed by atoms with van der Waals surface area (Å²) in [4.78, 5) is 41.4. The van der Waals surface area contributed by atoms with Gasteiger partial charge in [0.1, 0.15) is 0 Å². The lowest BCUT2D eigenvalue weighted by Crippen LogP contribution is -2.28. The predicted octanol–water partition coefficient (Wildman–Crippen LogP) is 5.57. The number of halogens is 1. The normalized spacial score (nSPS) is 15.7. The molecular formula is C24H16BrN3O6S. The number of hydrogen-bond acceptors (Lipinski definition) is 7. The van der Waals surface area contributed by atoms with Crippen molar-refractivity contribution in [2.24, 2.45) is 4.99 Å². The summed E-state index contributed by atoms with van der Waals surface area (Å²) in [6.45, 7) is 0.147. The second-order valence-electron chi connectivity index (χ2n) is 7.36. The molecule has 0 aliphatic carbocycles. The molecule has 11 heteroatoms. The second-order valence-corrected chi connectivity index (χ2v) is 9.22. The highest BCUT2D eigenvalue weighted by atomic mass is 79.9. The van der Waals surface area contributed by atoms with Crippen LogP contribution in [0, 0.1) is 10.1 Å². The molecule has 1 saturated heterocycles. The number of carboxylic acid groups (broad SMARTS) is 1. The van der Waals surface area contributed by atoms with Gasteiger partial charge >= 0.3 is 11.7 Å². The van der Waals surface area contributed by atoms with E-state index in [4.69, 9.17) is 5.11 Å². The van der Waals surface area contributed by atoms with E-state index in [0.717, 1.165) is 11.8 Å². The van der Waals surface area contributed by atoms with Gasteiger partial charge in [0.25, 0.3) is 5.91 Å². The van der Waals surface area contributed by atoms with Crippen LogP contribution in [0.5, 0.6) is 5.75 Å². The predicted molar refractivity (Wildman–Crippen MR) is 136 cm³/mol. The quantitative estimate of drug-likeness (QED) is 0.231. The van der Waals surface area contributed by atoms with Crippen molar-refractivity contribution in [2.45, 2.75) is 6.54 Å². The van der Waals surface area contributed by atoms with Gasteiger partial charge in [-0.1, -0.05) is 30.3 Å². The van der Waals surface area contributed by atoms with Gasteiger partial charge in [-0.2, -0.15) is 0 Å². The molecule has 0 radical (unpaired) electrons. The van der Waals surface area contributed by atoms with Crippen molar-refractivity contribution in [1.82, 2.24) is 4.90 Å². The molecule has 3 aromatic carbocycles. The molecule has 0 atom stereocenters. The lowest BCUT2D eigenvalue weighted by atomic mass is 10.1. The van der Waals surface area contributed by atoms with Crippen LogP contribution in [0.1, 0.15) is 21.5 Å². The maximum Gasteiger partial charge on any atom is 0.335 e. The van der Waals surface area contributed by atoms with Crippen molar-refractivity contribution in [3.05, 3.63) is 103 Å². The van der Waals surface area contributed by atoms with Gasteiger partial charge in [-0.15, -0.1) is 0 Å². The van der Waals surface area contributed by atoms with Crippen LogP contribution in [0.3, 0.4) is 0 Å². The largest absolute Gasteiger partial charge is 0.501 e. The van der Waals surface area contributed by atoms with Crippen LogP contribution >= 0.6 is 27.7 Å². The zero-order valence-electron chi connectivity index (χ0n) is 17.8. The number of carbonyl (C=O) groups is 2. The Morgan fingerprint density at radius 1 is 1.14 bits per heavy atom. The molecule has 1 aliphatic heterocycles. The van der Waals surface area contributed by atoms with Gasteiger partial charge in [-0.25, -0.2) is 9.79 Å². The Labute approximate surface area is 211 Å². The molecule has 0 bridgehead atoms. The maximum absolute atomic E-state index is 13.3. The number of carbonyl (C=O) groups excluding carboxylic acids is 1. The number of phenolic OH excluding ortho intramolecular Hbond substituents is 1. The first-order chi connectivity index (χ1) is 16.7. The molecule has 0 unspecified atom stereocenters. The number of aliphatic imine (C=N–C) groups is 1. The van der Waals surface area contributed by atoms with Crippen LogP contribution < -0.4 is 0 Å². The van der Waals surface area contributed by atoms with Crippen LogP contribution in [-0.2, 0) is 11.3 Å². The number of aromatic hydroxyl groups is 1. The average Bonchev–Trinajstić information content (AvgIpc) is 3.10. The summed E-state index contributed by atoms with van der Waals surface area (Å²) < 4.78 is 0.127. The lowest BCUT2D eigenvalue weighted by molar-refractivity contribution is -0.386. The fourth-order valence-corrected chi connectivity index (χ4v) is 4.72. The van der Waals surface area contributed by atoms with Crippen LogP contribution in [0.25, 0.3) is 6.08 Å². The standard InChI is InChI=1S/C24H16BrN3O6S/c25-18-10-15(11-19(21(18)29)28(33)34)12-20-22(30)27(13-14-6-8-16(9-7-14)23(31)32)24(35-20)26-17-4-2-1-3-5-17/h1-12,29H,13H2,(H,31,32). The Bertz CT molecular complexity index is 1390. The Morgan fingerprint density at radius 2 is 1.83 bits per heavy atom. The molecule has 1 heterocycles. The summed E-state index contributed by atoms with van der Waals surface area (Å²) in [6.07, 6.45) is 1.50. The van der Waals surface area contributed by atoms with Crippen LogP contribution in [0.4, 0.5) is 11.4 Å². The molecule has 2 N–H and O–H groups in total. The van der Waals surface area contributed by atoms with Gasteiger partial charge in [0.05, 0.1) is 32.1 Å². The molecule has 0 saturated carbocycles. The van der Waals surface area contributed by atoms with Crippen molar-refractivity contribution in [3.63, 3.8) is 0 Å². The summed E-state index contributed by atoms with van der Waals surface area (Å²) >= 11 is 4.22. The summed E-state index contributed by atoms with van der Waals surface area (Å²) in [5, 5.41) is 30.7. The Balaban J connectivity index is 1.72. The van der Waals surface area contributed by atoms with Gasteiger partial charge in [-0.05, 0) is 75.2 Å². The molecule has 176 valence electrons. The summed E-state index contributed by atoms with van der Waals surface area (Å²) in [5.41, 5.74) is 1.33. The highest BCUT2D eigenvalue weighted by Gasteiger charge is 2.34. The van der Waals surface area contributed by atoms with E-state index in [9.17, 15) is 24.8 Å². The summed E-state index contributed by atoms with van der Waals surface area (Å²) in [5.74, 6) is -1.91. The molecular weight excluding hydrogens is 538 g/mol. The zero-order chi connectivity index (χ0) is 25.1. The van der Waals surface area contributed by atoms with Crippen molar-refractivity contribution in [3.8, 4) is 5.75 Å². The zero-order valence-corrected chi connectivity index (χ0v) is 20.2. The minimum absolute atomic E-state index is 0.127. The van der Waals surface area contributed by atoms with Crippen molar-refractivity contribution in [2.75, 3.05) is 0 Å². The average molecular weight is 554 g/mol. The van der Waals surface area contributed by atoms with Crippen LogP contribution in [-0.4, -0.2) is 37.1 Å². The molecule has 4 rings (SSSR count). The highest BCUT2D eigenvalue weighted by molar-refractivity contribution is 9.10. The monoisotopic (exact) mass is 553 g/mol. The number of thioether (sulfide) groups is 1. The number of phenols is 1. The van der Waals surface area contributed by atoms with E-state index in [0.29, 0.717) is 22.0 Å². The third kappa shape index (κ3) is 5.42. The number of benzene rings is 3. The van der Waals surface area contributed by atoms with E-state index in [1.54, 1.807) is 24.3 Å². The number of hydrogen-bond donors (Lipinski definition) is 2. The Kier molecular flexibility index (Phi) is 6.99. The first-order valence-electron chi connectivity index (χ1n) is 10.1. The fraction of sp³-hybridized carbons (Fsp3) is 0.0417. The van der Waals surface area contributed by atoms with E-state index in [1.165, 1.54) is 35.2 Å². The number of para-hydroxylation sites is 1. The molecule has 0 spiro atoms. The number of rotatable bonds is 6. The van der Waals surface area contributed by atoms with Gasteiger partial charge in [0.15, 0.2) is 5.17 Å². The Hall–Kier alpha value is -3.96. The SMILES string of the molecule is O=C(O)c1ccc(CN2C(=O)C(=Cc3cc(Br)c(O)c([N+](=O)[O-])c3)SC2=Nc2ccccc2)cc1. The van der Waals surface area contributed by atoms with E-state index in [-0.39, 0.29) is 27.4 Å². The van der Waals surface area contributed by atoms with Gasteiger partial charge in [-0.3, -0.25) is 19.8 Å². The van der Waals surface area contributed by atoms with Gasteiger partial charge < -0.3 is 10.2 Å². The lowest BCUT2D eigenvalue weighted by Gasteiger charge is -2.16. The number of aromatic carboxylic acids is 1. The summed E-state index contributed by atoms with van der Waals surface area (Å²) in [7, 11) is 0. The number of nitrogens with zero attached hydrogens (tertiary/aromatic N) is 3. The number of carboxylic acids is 1. The molecule has 35 heavy (non-hydrogen) atoms. The first kappa shape index (κ1) is 24.2. The smallest absolute Gasteiger partial charge is 0.335 e. The number of nitro groups is 1. The topological polar surface area (TPSA) is 133 Å². The third-order valence-corrected chi connectivity index (χ3v) is 6.58. The molecule has 1 fully saturated rings. The van der Waals surface area contributed by atoms with Crippen LogP contribution in [0.2, 0.25) is 0 Å². The van der Waals surface area contributed by atoms with Crippen molar-refractivity contribution >= 4 is 62.2 Å².